The summed E-state index contributed by atoms with van der Waals surface area (Å²) in [5.74, 6) is -0.209. The maximum atomic E-state index is 12.2. The van der Waals surface area contributed by atoms with E-state index in [0.29, 0.717) is 28.3 Å². The van der Waals surface area contributed by atoms with E-state index in [9.17, 15) is 4.79 Å². The van der Waals surface area contributed by atoms with Crippen molar-refractivity contribution in [2.24, 2.45) is 0 Å². The summed E-state index contributed by atoms with van der Waals surface area (Å²) in [5.41, 5.74) is 9.95. The highest BCUT2D eigenvalue weighted by atomic mass is 16.1. The molecule has 0 saturated heterocycles. The molecule has 0 aliphatic rings. The van der Waals surface area contributed by atoms with Gasteiger partial charge in [0.05, 0.1) is 17.0 Å². The minimum atomic E-state index is -0.209. The molecule has 0 radical (unpaired) electrons. The van der Waals surface area contributed by atoms with Crippen molar-refractivity contribution in [2.45, 2.75) is 20.8 Å². The summed E-state index contributed by atoms with van der Waals surface area (Å²) < 4.78 is 0. The van der Waals surface area contributed by atoms with Crippen LogP contribution in [0.3, 0.4) is 0 Å². The molecule has 0 spiro atoms. The lowest BCUT2D eigenvalue weighted by Crippen LogP contribution is -2.15. The van der Waals surface area contributed by atoms with Crippen LogP contribution in [0, 0.1) is 20.8 Å². The molecule has 3 N–H and O–H groups in total. The van der Waals surface area contributed by atoms with Gasteiger partial charge in [-0.25, -0.2) is 0 Å². The second kappa shape index (κ2) is 5.06. The summed E-state index contributed by atoms with van der Waals surface area (Å²) in [4.78, 5) is 12.2. The number of anilines is 2. The lowest BCUT2D eigenvalue weighted by atomic mass is 10.1. The highest BCUT2D eigenvalue weighted by Crippen LogP contribution is 2.18. The zero-order valence-electron chi connectivity index (χ0n) is 11.2. The molecular weight excluding hydrogens is 240 g/mol. The SMILES string of the molecule is Cc1cc(C(=O)Nc2ccc(C)c(N)c2)c(C)nn1. The van der Waals surface area contributed by atoms with E-state index in [1.807, 2.05) is 19.1 Å². The number of nitrogens with two attached hydrogens (primary N) is 1. The number of amides is 1. The second-order valence-corrected chi connectivity index (χ2v) is 4.51. The minimum absolute atomic E-state index is 0.209. The van der Waals surface area contributed by atoms with Crippen LogP contribution in [0.2, 0.25) is 0 Å². The van der Waals surface area contributed by atoms with Gasteiger partial charge in [0.2, 0.25) is 0 Å². The Hall–Kier alpha value is -2.43. The number of hydrogen-bond donors (Lipinski definition) is 2. The average Bonchev–Trinajstić information content (AvgIpc) is 2.36. The van der Waals surface area contributed by atoms with E-state index in [2.05, 4.69) is 15.5 Å². The molecule has 0 fully saturated rings. The van der Waals surface area contributed by atoms with Crippen LogP contribution in [0.15, 0.2) is 24.3 Å². The van der Waals surface area contributed by atoms with Gasteiger partial charge in [0, 0.05) is 11.4 Å². The Morgan fingerprint density at radius 2 is 1.89 bits per heavy atom. The third-order valence-electron chi connectivity index (χ3n) is 2.88. The fraction of sp³-hybridized carbons (Fsp3) is 0.214. The molecule has 1 aromatic heterocycles. The van der Waals surface area contributed by atoms with Gasteiger partial charge in [-0.1, -0.05) is 6.07 Å². The summed E-state index contributed by atoms with van der Waals surface area (Å²) >= 11 is 0. The van der Waals surface area contributed by atoms with Gasteiger partial charge in [-0.15, -0.1) is 0 Å². The first-order valence-corrected chi connectivity index (χ1v) is 5.96. The van der Waals surface area contributed by atoms with Crippen LogP contribution in [-0.4, -0.2) is 16.1 Å². The molecule has 5 heteroatoms. The van der Waals surface area contributed by atoms with Gasteiger partial charge in [0.25, 0.3) is 5.91 Å². The first-order chi connectivity index (χ1) is 8.97. The molecule has 5 nitrogen and oxygen atoms in total. The van der Waals surface area contributed by atoms with Crippen LogP contribution in [0.4, 0.5) is 11.4 Å². The number of nitrogens with one attached hydrogen (secondary N) is 1. The number of benzene rings is 1. The summed E-state index contributed by atoms with van der Waals surface area (Å²) in [6.45, 7) is 5.47. The molecule has 2 rings (SSSR count). The summed E-state index contributed by atoms with van der Waals surface area (Å²) in [6, 6.07) is 7.15. The summed E-state index contributed by atoms with van der Waals surface area (Å²) in [5, 5.41) is 10.6. The van der Waals surface area contributed by atoms with Crippen molar-refractivity contribution in [2.75, 3.05) is 11.1 Å². The third-order valence-corrected chi connectivity index (χ3v) is 2.88. The number of carbonyl (C=O) groups excluding carboxylic acids is 1. The predicted molar refractivity (Wildman–Crippen MR) is 75.1 cm³/mol. The van der Waals surface area contributed by atoms with Gasteiger partial charge in [-0.2, -0.15) is 10.2 Å². The number of aryl methyl sites for hydroxylation is 3. The number of aromatic nitrogens is 2. The zero-order chi connectivity index (χ0) is 14.0. The molecule has 1 amide bonds. The van der Waals surface area contributed by atoms with Crippen molar-refractivity contribution in [3.8, 4) is 0 Å². The fourth-order valence-electron chi connectivity index (χ4n) is 1.70. The van der Waals surface area contributed by atoms with Crippen molar-refractivity contribution in [3.63, 3.8) is 0 Å². The molecule has 1 heterocycles. The average molecular weight is 256 g/mol. The van der Waals surface area contributed by atoms with Crippen molar-refractivity contribution < 1.29 is 4.79 Å². The van der Waals surface area contributed by atoms with Crippen LogP contribution in [0.25, 0.3) is 0 Å². The smallest absolute Gasteiger partial charge is 0.257 e. The second-order valence-electron chi connectivity index (χ2n) is 4.51. The Morgan fingerprint density at radius 3 is 2.58 bits per heavy atom. The normalized spacial score (nSPS) is 10.3. The molecule has 0 unspecified atom stereocenters. The summed E-state index contributed by atoms with van der Waals surface area (Å²) in [6.07, 6.45) is 0. The number of carbonyl (C=O) groups is 1. The van der Waals surface area contributed by atoms with Crippen molar-refractivity contribution in [3.05, 3.63) is 46.8 Å². The van der Waals surface area contributed by atoms with Crippen LogP contribution in [0.1, 0.15) is 27.3 Å². The van der Waals surface area contributed by atoms with Gasteiger partial charge >= 0.3 is 0 Å². The Balaban J connectivity index is 2.25. The third kappa shape index (κ3) is 2.88. The van der Waals surface area contributed by atoms with Gasteiger partial charge < -0.3 is 11.1 Å². The molecule has 0 aliphatic carbocycles. The number of hydrogen-bond acceptors (Lipinski definition) is 4. The topological polar surface area (TPSA) is 80.9 Å². The Bertz CT molecular complexity index is 637. The molecule has 1 aromatic carbocycles. The van der Waals surface area contributed by atoms with Crippen LogP contribution >= 0.6 is 0 Å². The van der Waals surface area contributed by atoms with Gasteiger partial charge in [-0.3, -0.25) is 4.79 Å². The van der Waals surface area contributed by atoms with E-state index in [-0.39, 0.29) is 5.91 Å². The Labute approximate surface area is 111 Å². The quantitative estimate of drug-likeness (QED) is 0.807. The predicted octanol–water partition coefficient (Wildman–Crippen LogP) is 2.24. The Kier molecular flexibility index (Phi) is 3.46. The molecule has 0 aliphatic heterocycles. The molecule has 2 aromatic rings. The molecular formula is C14H16N4O. The number of nitrogen functional groups attached to an aromatic ring is 1. The van der Waals surface area contributed by atoms with Crippen molar-refractivity contribution >= 4 is 17.3 Å². The number of rotatable bonds is 2. The molecule has 0 saturated carbocycles. The first kappa shape index (κ1) is 13.0. The first-order valence-electron chi connectivity index (χ1n) is 5.96. The van der Waals surface area contributed by atoms with Gasteiger partial charge in [0.15, 0.2) is 0 Å². The van der Waals surface area contributed by atoms with Crippen LogP contribution in [-0.2, 0) is 0 Å². The maximum absolute atomic E-state index is 12.2. The van der Waals surface area contributed by atoms with Crippen LogP contribution in [0.5, 0.6) is 0 Å². The van der Waals surface area contributed by atoms with E-state index in [1.54, 1.807) is 26.0 Å². The van der Waals surface area contributed by atoms with E-state index in [1.165, 1.54) is 0 Å². The zero-order valence-corrected chi connectivity index (χ0v) is 11.2. The van der Waals surface area contributed by atoms with Gasteiger partial charge in [0.1, 0.15) is 0 Å². The standard InChI is InChI=1S/C14H16N4O/c1-8-4-5-11(7-13(8)15)16-14(19)12-6-9(2)17-18-10(12)3/h4-7H,15H2,1-3H3,(H,16,19). The highest BCUT2D eigenvalue weighted by molar-refractivity contribution is 6.05. The van der Waals surface area contributed by atoms with Crippen LogP contribution < -0.4 is 11.1 Å². The molecule has 98 valence electrons. The van der Waals surface area contributed by atoms with E-state index < -0.39 is 0 Å². The van der Waals surface area contributed by atoms with E-state index in [4.69, 9.17) is 5.73 Å². The molecule has 0 bridgehead atoms. The minimum Gasteiger partial charge on any atom is -0.398 e. The number of nitrogens with zero attached hydrogens (tertiary/aromatic N) is 2. The lowest BCUT2D eigenvalue weighted by molar-refractivity contribution is 0.102. The van der Waals surface area contributed by atoms with E-state index in [0.717, 1.165) is 5.56 Å². The monoisotopic (exact) mass is 256 g/mol. The lowest BCUT2D eigenvalue weighted by Gasteiger charge is -2.09. The van der Waals surface area contributed by atoms with Gasteiger partial charge in [-0.05, 0) is 44.5 Å². The fourth-order valence-corrected chi connectivity index (χ4v) is 1.70. The highest BCUT2D eigenvalue weighted by Gasteiger charge is 2.11. The van der Waals surface area contributed by atoms with Crippen molar-refractivity contribution in [1.29, 1.82) is 0 Å². The molecule has 0 atom stereocenters. The molecule has 19 heavy (non-hydrogen) atoms. The maximum Gasteiger partial charge on any atom is 0.257 e. The largest absolute Gasteiger partial charge is 0.398 e. The van der Waals surface area contributed by atoms with E-state index >= 15 is 0 Å². The van der Waals surface area contributed by atoms with Crippen molar-refractivity contribution in [1.82, 2.24) is 10.2 Å². The Morgan fingerprint density at radius 1 is 1.16 bits per heavy atom. The summed E-state index contributed by atoms with van der Waals surface area (Å²) in [7, 11) is 0.